The molecule has 100 valence electrons. The molecule has 0 heterocycles. The number of carbonyl (C=O) groups excluding carboxylic acids is 1. The SMILES string of the molecule is C=C(CC12CC3CC(CC(C3)C1)C2)C(=O)OCC. The van der Waals surface area contributed by atoms with Gasteiger partial charge in [-0.2, -0.15) is 0 Å². The lowest BCUT2D eigenvalue weighted by molar-refractivity contribution is -0.139. The van der Waals surface area contributed by atoms with Gasteiger partial charge in [0.2, 0.25) is 0 Å². The van der Waals surface area contributed by atoms with E-state index in [0.717, 1.165) is 24.2 Å². The monoisotopic (exact) mass is 248 g/mol. The molecule has 4 rings (SSSR count). The van der Waals surface area contributed by atoms with Gasteiger partial charge in [0.25, 0.3) is 0 Å². The van der Waals surface area contributed by atoms with Gasteiger partial charge in [-0.25, -0.2) is 4.79 Å². The van der Waals surface area contributed by atoms with E-state index < -0.39 is 0 Å². The summed E-state index contributed by atoms with van der Waals surface area (Å²) in [7, 11) is 0. The van der Waals surface area contributed by atoms with Crippen LogP contribution in [0.1, 0.15) is 51.9 Å². The van der Waals surface area contributed by atoms with Crippen LogP contribution in [0, 0.1) is 23.2 Å². The second-order valence-corrected chi connectivity index (χ2v) is 6.92. The molecule has 0 aromatic rings. The average molecular weight is 248 g/mol. The summed E-state index contributed by atoms with van der Waals surface area (Å²) in [5, 5.41) is 0. The van der Waals surface area contributed by atoms with Crippen LogP contribution >= 0.6 is 0 Å². The average Bonchev–Trinajstić information content (AvgIpc) is 2.26. The molecule has 4 fully saturated rings. The van der Waals surface area contributed by atoms with E-state index in [4.69, 9.17) is 4.74 Å². The van der Waals surface area contributed by atoms with E-state index in [2.05, 4.69) is 6.58 Å². The van der Waals surface area contributed by atoms with E-state index in [1.807, 2.05) is 6.92 Å². The second kappa shape index (κ2) is 4.40. The number of rotatable bonds is 4. The molecule has 2 heteroatoms. The lowest BCUT2D eigenvalue weighted by Crippen LogP contribution is -2.46. The van der Waals surface area contributed by atoms with Crippen molar-refractivity contribution in [2.75, 3.05) is 6.61 Å². The molecular formula is C16H24O2. The number of hydrogen-bond donors (Lipinski definition) is 0. The highest BCUT2D eigenvalue weighted by molar-refractivity contribution is 5.87. The summed E-state index contributed by atoms with van der Waals surface area (Å²) < 4.78 is 5.08. The van der Waals surface area contributed by atoms with Gasteiger partial charge in [0, 0.05) is 5.57 Å². The quantitative estimate of drug-likeness (QED) is 0.560. The second-order valence-electron chi connectivity index (χ2n) is 6.92. The van der Waals surface area contributed by atoms with Crippen LogP contribution in [-0.4, -0.2) is 12.6 Å². The normalized spacial score (nSPS) is 40.8. The Morgan fingerprint density at radius 2 is 1.67 bits per heavy atom. The molecule has 0 saturated heterocycles. The maximum absolute atomic E-state index is 11.7. The molecule has 0 unspecified atom stereocenters. The van der Waals surface area contributed by atoms with Crippen molar-refractivity contribution in [1.82, 2.24) is 0 Å². The van der Waals surface area contributed by atoms with Gasteiger partial charge in [-0.3, -0.25) is 0 Å². The first-order chi connectivity index (χ1) is 8.60. The molecule has 18 heavy (non-hydrogen) atoms. The van der Waals surface area contributed by atoms with E-state index >= 15 is 0 Å². The lowest BCUT2D eigenvalue weighted by atomic mass is 9.48. The van der Waals surface area contributed by atoms with Gasteiger partial charge >= 0.3 is 5.97 Å². The summed E-state index contributed by atoms with van der Waals surface area (Å²) in [6, 6.07) is 0. The van der Waals surface area contributed by atoms with Crippen molar-refractivity contribution in [3.05, 3.63) is 12.2 Å². The first-order valence-corrected chi connectivity index (χ1v) is 7.45. The van der Waals surface area contributed by atoms with Crippen molar-refractivity contribution in [2.24, 2.45) is 23.2 Å². The molecule has 4 bridgehead atoms. The molecular weight excluding hydrogens is 224 g/mol. The van der Waals surface area contributed by atoms with E-state index in [1.54, 1.807) is 0 Å². The number of hydrogen-bond acceptors (Lipinski definition) is 2. The summed E-state index contributed by atoms with van der Waals surface area (Å²) in [5.41, 5.74) is 1.11. The fourth-order valence-corrected chi connectivity index (χ4v) is 5.26. The Labute approximate surface area is 110 Å². The highest BCUT2D eigenvalue weighted by Crippen LogP contribution is 2.61. The first kappa shape index (κ1) is 12.3. The zero-order valence-corrected chi connectivity index (χ0v) is 11.4. The molecule has 0 spiro atoms. The van der Waals surface area contributed by atoms with Crippen LogP contribution in [0.2, 0.25) is 0 Å². The van der Waals surface area contributed by atoms with Gasteiger partial charge in [0.1, 0.15) is 0 Å². The van der Waals surface area contributed by atoms with Crippen molar-refractivity contribution in [1.29, 1.82) is 0 Å². The predicted octanol–water partition coefficient (Wildman–Crippen LogP) is 3.71. The fourth-order valence-electron chi connectivity index (χ4n) is 5.26. The molecule has 0 radical (unpaired) electrons. The Hall–Kier alpha value is -0.790. The third-order valence-corrected chi connectivity index (χ3v) is 5.32. The molecule has 4 saturated carbocycles. The minimum absolute atomic E-state index is 0.173. The van der Waals surface area contributed by atoms with Crippen molar-refractivity contribution in [3.63, 3.8) is 0 Å². The molecule has 0 aromatic carbocycles. The van der Waals surface area contributed by atoms with Gasteiger partial charge in [-0.15, -0.1) is 0 Å². The highest BCUT2D eigenvalue weighted by atomic mass is 16.5. The minimum atomic E-state index is -0.173. The summed E-state index contributed by atoms with van der Waals surface area (Å²) in [6.07, 6.45) is 9.23. The molecule has 0 N–H and O–H groups in total. The third-order valence-electron chi connectivity index (χ3n) is 5.32. The Balaban J connectivity index is 1.68. The van der Waals surface area contributed by atoms with Crippen LogP contribution in [0.15, 0.2) is 12.2 Å². The smallest absolute Gasteiger partial charge is 0.333 e. The standard InChI is InChI=1S/C16H24O2/c1-3-18-15(17)11(2)7-16-8-12-4-13(9-16)6-14(5-12)10-16/h12-14H,2-10H2,1H3. The molecule has 4 aliphatic rings. The minimum Gasteiger partial charge on any atom is -0.463 e. The number of carbonyl (C=O) groups is 1. The zero-order chi connectivity index (χ0) is 12.8. The van der Waals surface area contributed by atoms with Gasteiger partial charge in [-0.1, -0.05) is 6.58 Å². The van der Waals surface area contributed by atoms with E-state index in [-0.39, 0.29) is 5.97 Å². The Morgan fingerprint density at radius 1 is 1.17 bits per heavy atom. The fraction of sp³-hybridized carbons (Fsp3) is 0.812. The largest absolute Gasteiger partial charge is 0.463 e. The zero-order valence-electron chi connectivity index (χ0n) is 11.4. The van der Waals surface area contributed by atoms with E-state index in [1.165, 1.54) is 38.5 Å². The summed E-state index contributed by atoms with van der Waals surface area (Å²) in [5.74, 6) is 2.64. The molecule has 2 nitrogen and oxygen atoms in total. The highest BCUT2D eigenvalue weighted by Gasteiger charge is 2.51. The van der Waals surface area contributed by atoms with Crippen LogP contribution in [0.5, 0.6) is 0 Å². The lowest BCUT2D eigenvalue weighted by Gasteiger charge is -2.57. The molecule has 4 aliphatic carbocycles. The van der Waals surface area contributed by atoms with Crippen LogP contribution in [0.4, 0.5) is 0 Å². The predicted molar refractivity (Wildman–Crippen MR) is 71.0 cm³/mol. The topological polar surface area (TPSA) is 26.3 Å². The van der Waals surface area contributed by atoms with Crippen LogP contribution in [0.3, 0.4) is 0 Å². The van der Waals surface area contributed by atoms with Crippen molar-refractivity contribution in [2.45, 2.75) is 51.9 Å². The maximum atomic E-state index is 11.7. The van der Waals surface area contributed by atoms with Crippen molar-refractivity contribution < 1.29 is 9.53 Å². The van der Waals surface area contributed by atoms with Gasteiger partial charge in [0.15, 0.2) is 0 Å². The molecule has 0 atom stereocenters. The first-order valence-electron chi connectivity index (χ1n) is 7.45. The van der Waals surface area contributed by atoms with E-state index in [0.29, 0.717) is 17.6 Å². The van der Waals surface area contributed by atoms with Crippen LogP contribution < -0.4 is 0 Å². The van der Waals surface area contributed by atoms with Gasteiger partial charge in [0.05, 0.1) is 6.61 Å². The Bertz CT molecular complexity index is 334. The molecule has 0 aliphatic heterocycles. The third kappa shape index (κ3) is 2.10. The number of ether oxygens (including phenoxy) is 1. The van der Waals surface area contributed by atoms with Crippen molar-refractivity contribution in [3.8, 4) is 0 Å². The maximum Gasteiger partial charge on any atom is 0.333 e. The molecule has 0 amide bonds. The Morgan fingerprint density at radius 3 is 2.11 bits per heavy atom. The van der Waals surface area contributed by atoms with Crippen molar-refractivity contribution >= 4 is 5.97 Å². The molecule has 0 aromatic heterocycles. The Kier molecular flexibility index (Phi) is 2.99. The van der Waals surface area contributed by atoms with E-state index in [9.17, 15) is 4.79 Å². The summed E-state index contributed by atoms with van der Waals surface area (Å²) in [6.45, 7) is 6.29. The van der Waals surface area contributed by atoms with Crippen LogP contribution in [0.25, 0.3) is 0 Å². The van der Waals surface area contributed by atoms with Crippen LogP contribution in [-0.2, 0) is 9.53 Å². The summed E-state index contributed by atoms with van der Waals surface area (Å²) >= 11 is 0. The summed E-state index contributed by atoms with van der Waals surface area (Å²) in [4.78, 5) is 11.7. The number of esters is 1. The van der Waals surface area contributed by atoms with Gasteiger partial charge in [-0.05, 0) is 75.0 Å². The van der Waals surface area contributed by atoms with Gasteiger partial charge < -0.3 is 4.74 Å².